The van der Waals surface area contributed by atoms with Gasteiger partial charge in [0, 0.05) is 24.2 Å². The number of nitrogens with one attached hydrogen (secondary N) is 1. The summed E-state index contributed by atoms with van der Waals surface area (Å²) in [7, 11) is 0. The van der Waals surface area contributed by atoms with Gasteiger partial charge in [0.1, 0.15) is 17.2 Å². The van der Waals surface area contributed by atoms with Gasteiger partial charge in [-0.25, -0.2) is 13.6 Å². The summed E-state index contributed by atoms with van der Waals surface area (Å²) in [5, 5.41) is 31.2. The number of carbonyl (C=O) groups excluding carboxylic acids is 1. The number of aliphatic hydroxyl groups excluding tert-OH is 2. The maximum Gasteiger partial charge on any atom is 0.410 e. The van der Waals surface area contributed by atoms with Gasteiger partial charge in [-0.15, -0.1) is 12.4 Å². The number of carbonyl (C=O) groups is 1. The minimum absolute atomic E-state index is 0. The Bertz CT molecular complexity index is 1620. The lowest BCUT2D eigenvalue weighted by molar-refractivity contribution is 0.0218. The molecule has 2 aliphatic heterocycles. The Balaban J connectivity index is 0.000000213. The van der Waals surface area contributed by atoms with Gasteiger partial charge in [-0.1, -0.05) is 24.3 Å². The molecule has 3 N–H and O–H groups in total. The molecule has 4 aromatic rings. The van der Waals surface area contributed by atoms with Gasteiger partial charge in [0.05, 0.1) is 55.6 Å². The van der Waals surface area contributed by atoms with Crippen LogP contribution in [-0.4, -0.2) is 59.5 Å². The number of halogens is 3. The molecule has 0 fully saturated rings. The zero-order valence-corrected chi connectivity index (χ0v) is 27.1. The van der Waals surface area contributed by atoms with Crippen molar-refractivity contribution in [2.45, 2.75) is 78.6 Å². The molecule has 2 aliphatic rings. The van der Waals surface area contributed by atoms with Gasteiger partial charge in [-0.05, 0) is 75.5 Å². The maximum absolute atomic E-state index is 13.1. The number of nitrogens with zero attached hydrogens (tertiary/aromatic N) is 5. The fourth-order valence-corrected chi connectivity index (χ4v) is 5.58. The molecule has 6 rings (SSSR count). The van der Waals surface area contributed by atoms with E-state index >= 15 is 0 Å². The van der Waals surface area contributed by atoms with Crippen LogP contribution < -0.4 is 5.32 Å². The summed E-state index contributed by atoms with van der Waals surface area (Å²) in [6.07, 6.45) is 1.16. The van der Waals surface area contributed by atoms with Crippen LogP contribution in [0.2, 0.25) is 0 Å². The van der Waals surface area contributed by atoms with Crippen LogP contribution in [0.15, 0.2) is 48.5 Å². The third-order valence-electron chi connectivity index (χ3n) is 7.76. The van der Waals surface area contributed by atoms with Crippen molar-refractivity contribution in [3.8, 4) is 0 Å². The van der Waals surface area contributed by atoms with Gasteiger partial charge >= 0.3 is 6.09 Å². The first-order valence-corrected chi connectivity index (χ1v) is 15.1. The van der Waals surface area contributed by atoms with Crippen LogP contribution in [0.3, 0.4) is 0 Å². The Labute approximate surface area is 273 Å². The van der Waals surface area contributed by atoms with Gasteiger partial charge in [-0.2, -0.15) is 10.2 Å². The van der Waals surface area contributed by atoms with Gasteiger partial charge in [-0.3, -0.25) is 9.36 Å². The number of hydrogen-bond acceptors (Lipinski definition) is 7. The van der Waals surface area contributed by atoms with E-state index in [1.807, 2.05) is 25.5 Å². The van der Waals surface area contributed by atoms with Crippen molar-refractivity contribution in [2.24, 2.45) is 0 Å². The van der Waals surface area contributed by atoms with Crippen molar-refractivity contribution < 1.29 is 28.5 Å². The Morgan fingerprint density at radius 3 is 1.85 bits per heavy atom. The fourth-order valence-electron chi connectivity index (χ4n) is 5.58. The van der Waals surface area contributed by atoms with Crippen LogP contribution in [0.4, 0.5) is 13.6 Å². The average molecular weight is 659 g/mol. The van der Waals surface area contributed by atoms with E-state index in [1.165, 1.54) is 24.3 Å². The molecule has 46 heavy (non-hydrogen) atoms. The van der Waals surface area contributed by atoms with Gasteiger partial charge in [0.25, 0.3) is 0 Å². The summed E-state index contributed by atoms with van der Waals surface area (Å²) < 4.78 is 35.2. The number of ether oxygens (including phenoxy) is 1. The number of hydrogen-bond donors (Lipinski definition) is 3. The van der Waals surface area contributed by atoms with Crippen molar-refractivity contribution in [3.05, 3.63) is 105 Å². The molecule has 248 valence electrons. The number of rotatable bonds is 6. The summed E-state index contributed by atoms with van der Waals surface area (Å²) in [6, 6.07) is 12.7. The molecular formula is C33H41ClF2N6O4. The molecule has 4 heterocycles. The molecule has 1 amide bonds. The third-order valence-corrected chi connectivity index (χ3v) is 7.76. The monoisotopic (exact) mass is 658 g/mol. The van der Waals surface area contributed by atoms with Crippen molar-refractivity contribution >= 4 is 18.5 Å². The zero-order chi connectivity index (χ0) is 32.1. The Hall–Kier alpha value is -3.84. The highest BCUT2D eigenvalue weighted by molar-refractivity contribution is 5.85. The van der Waals surface area contributed by atoms with Crippen LogP contribution in [0.25, 0.3) is 0 Å². The van der Waals surface area contributed by atoms with E-state index in [2.05, 4.69) is 15.5 Å². The normalized spacial score (nSPS) is 14.0. The Morgan fingerprint density at radius 1 is 0.848 bits per heavy atom. The lowest BCUT2D eigenvalue weighted by Crippen LogP contribution is -2.40. The minimum Gasteiger partial charge on any atom is -0.444 e. The highest BCUT2D eigenvalue weighted by Crippen LogP contribution is 2.25. The summed E-state index contributed by atoms with van der Waals surface area (Å²) in [6.45, 7) is 8.97. The fraction of sp³-hybridized carbons (Fsp3) is 0.424. The summed E-state index contributed by atoms with van der Waals surface area (Å²) in [5.41, 5.74) is 6.89. The van der Waals surface area contributed by atoms with E-state index in [9.17, 15) is 23.8 Å². The molecule has 0 saturated carbocycles. The molecule has 0 spiro atoms. The summed E-state index contributed by atoms with van der Waals surface area (Å²) in [5.74, 6) is -0.521. The number of aliphatic hydroxyl groups is 2. The largest absolute Gasteiger partial charge is 0.444 e. The van der Waals surface area contributed by atoms with Crippen LogP contribution in [0.1, 0.15) is 65.8 Å². The number of amides is 1. The molecule has 2 aromatic carbocycles. The van der Waals surface area contributed by atoms with E-state index in [-0.39, 0.29) is 43.3 Å². The first kappa shape index (κ1) is 35.0. The van der Waals surface area contributed by atoms with Crippen molar-refractivity contribution in [1.82, 2.24) is 29.8 Å². The minimum atomic E-state index is -0.554. The second-order valence-corrected chi connectivity index (χ2v) is 12.2. The Morgan fingerprint density at radius 2 is 1.35 bits per heavy atom. The second kappa shape index (κ2) is 15.2. The van der Waals surface area contributed by atoms with E-state index < -0.39 is 5.60 Å². The van der Waals surface area contributed by atoms with Crippen molar-refractivity contribution in [1.29, 1.82) is 0 Å². The number of aromatic nitrogens is 4. The van der Waals surface area contributed by atoms with Crippen molar-refractivity contribution in [3.63, 3.8) is 0 Å². The maximum atomic E-state index is 13.1. The number of fused-ring (bicyclic) bond motifs is 2. The SMILES string of the molecule is CC(C)(C)OC(=O)N1CCc2c(CO)nn(Cc3ccc(F)cc3)c2C1.Cl.OCc1nn(Cc2ccc(F)cc2)c2c1CCNC2. The van der Waals surface area contributed by atoms with Crippen molar-refractivity contribution in [2.75, 3.05) is 13.1 Å². The predicted octanol–water partition coefficient (Wildman–Crippen LogP) is 4.49. The topological polar surface area (TPSA) is 118 Å². The zero-order valence-electron chi connectivity index (χ0n) is 26.3. The Kier molecular flexibility index (Phi) is 11.5. The highest BCUT2D eigenvalue weighted by Gasteiger charge is 2.30. The van der Waals surface area contributed by atoms with Gasteiger partial charge < -0.3 is 25.2 Å². The lowest BCUT2D eigenvalue weighted by atomic mass is 10.0. The predicted molar refractivity (Wildman–Crippen MR) is 170 cm³/mol. The standard InChI is InChI=1S/C19H24FN3O3.C14H16FN3O.ClH/c1-19(2,3)26-18(25)22-9-8-15-16(12-24)21-23(17(15)11-22)10-13-4-6-14(20)7-5-13;15-11-3-1-10(2-4-11)8-18-14-7-16-6-5-12(14)13(9-19)17-18;/h4-7,24H,8-12H2,1-3H3;1-4,16,19H,5-9H2;1H. The summed E-state index contributed by atoms with van der Waals surface area (Å²) in [4.78, 5) is 14.0. The van der Waals surface area contributed by atoms with Crippen LogP contribution in [0.5, 0.6) is 0 Å². The average Bonchev–Trinajstić information content (AvgIpc) is 3.56. The molecule has 10 nitrogen and oxygen atoms in total. The smallest absolute Gasteiger partial charge is 0.410 e. The van der Waals surface area contributed by atoms with E-state index in [4.69, 9.17) is 4.74 Å². The third kappa shape index (κ3) is 8.49. The number of benzene rings is 2. The first-order valence-electron chi connectivity index (χ1n) is 15.1. The van der Waals surface area contributed by atoms with Crippen LogP contribution >= 0.6 is 12.4 Å². The molecule has 0 saturated heterocycles. The van der Waals surface area contributed by atoms with Gasteiger partial charge in [0.2, 0.25) is 0 Å². The lowest BCUT2D eigenvalue weighted by Gasteiger charge is -2.30. The molecule has 0 atom stereocenters. The molecule has 13 heteroatoms. The second-order valence-electron chi connectivity index (χ2n) is 12.2. The molecule has 0 unspecified atom stereocenters. The molecule has 0 radical (unpaired) electrons. The molecule has 2 aromatic heterocycles. The molecular weight excluding hydrogens is 618 g/mol. The molecule has 0 bridgehead atoms. The highest BCUT2D eigenvalue weighted by atomic mass is 35.5. The van der Waals surface area contributed by atoms with Crippen LogP contribution in [-0.2, 0) is 57.0 Å². The van der Waals surface area contributed by atoms with E-state index in [0.717, 1.165) is 58.8 Å². The van der Waals surface area contributed by atoms with Crippen LogP contribution in [0, 0.1) is 11.6 Å². The van der Waals surface area contributed by atoms with E-state index in [1.54, 1.807) is 33.8 Å². The molecule has 0 aliphatic carbocycles. The summed E-state index contributed by atoms with van der Waals surface area (Å²) >= 11 is 0. The van der Waals surface area contributed by atoms with E-state index in [0.29, 0.717) is 38.3 Å². The first-order chi connectivity index (χ1) is 21.5. The van der Waals surface area contributed by atoms with Gasteiger partial charge in [0.15, 0.2) is 0 Å². The quantitative estimate of drug-likeness (QED) is 0.280.